The van der Waals surface area contributed by atoms with Gasteiger partial charge in [-0.15, -0.1) is 0 Å². The molecule has 0 radical (unpaired) electrons. The Labute approximate surface area is 110 Å². The van der Waals surface area contributed by atoms with Crippen molar-refractivity contribution in [2.24, 2.45) is 0 Å². The molecule has 0 spiro atoms. The maximum atomic E-state index is 12.1. The summed E-state index contributed by atoms with van der Waals surface area (Å²) in [4.78, 5) is 16.6. The lowest BCUT2D eigenvalue weighted by Crippen LogP contribution is -2.57. The number of carbonyl (C=O) groups is 1. The van der Waals surface area contributed by atoms with E-state index in [1.54, 1.807) is 0 Å². The SMILES string of the molecule is CCSCCC(=O)N1CC(C)N(CC)CC1C. The van der Waals surface area contributed by atoms with E-state index < -0.39 is 0 Å². The van der Waals surface area contributed by atoms with E-state index in [1.807, 2.05) is 11.8 Å². The smallest absolute Gasteiger partial charge is 0.223 e. The minimum atomic E-state index is 0.334. The summed E-state index contributed by atoms with van der Waals surface area (Å²) in [5, 5.41) is 0. The van der Waals surface area contributed by atoms with Crippen LogP contribution in [-0.4, -0.2) is 58.9 Å². The van der Waals surface area contributed by atoms with E-state index in [1.165, 1.54) is 0 Å². The number of hydrogen-bond acceptors (Lipinski definition) is 3. The largest absolute Gasteiger partial charge is 0.337 e. The Morgan fingerprint density at radius 2 is 1.94 bits per heavy atom. The summed E-state index contributed by atoms with van der Waals surface area (Å²) in [5.74, 6) is 2.40. The molecule has 0 aromatic carbocycles. The zero-order valence-electron chi connectivity index (χ0n) is 11.6. The van der Waals surface area contributed by atoms with Gasteiger partial charge in [0.1, 0.15) is 0 Å². The third-order valence-corrected chi connectivity index (χ3v) is 4.41. The molecule has 0 aromatic heterocycles. The van der Waals surface area contributed by atoms with Crippen molar-refractivity contribution in [1.82, 2.24) is 9.80 Å². The van der Waals surface area contributed by atoms with E-state index in [0.717, 1.165) is 31.1 Å². The molecule has 3 nitrogen and oxygen atoms in total. The van der Waals surface area contributed by atoms with Gasteiger partial charge in [-0.25, -0.2) is 0 Å². The van der Waals surface area contributed by atoms with Gasteiger partial charge >= 0.3 is 0 Å². The van der Waals surface area contributed by atoms with Gasteiger partial charge in [0.2, 0.25) is 5.91 Å². The maximum absolute atomic E-state index is 12.1. The Bertz CT molecular complexity index is 248. The molecule has 1 amide bonds. The van der Waals surface area contributed by atoms with E-state index in [4.69, 9.17) is 0 Å². The highest BCUT2D eigenvalue weighted by molar-refractivity contribution is 7.99. The second-order valence-electron chi connectivity index (χ2n) is 4.78. The summed E-state index contributed by atoms with van der Waals surface area (Å²) in [6.45, 7) is 11.7. The van der Waals surface area contributed by atoms with Crippen molar-refractivity contribution < 1.29 is 4.79 Å². The highest BCUT2D eigenvalue weighted by atomic mass is 32.2. The molecule has 1 aliphatic rings. The van der Waals surface area contributed by atoms with Crippen molar-refractivity contribution in [3.63, 3.8) is 0 Å². The average molecular weight is 258 g/mol. The van der Waals surface area contributed by atoms with Gasteiger partial charge in [-0.05, 0) is 26.1 Å². The molecule has 1 aliphatic heterocycles. The standard InChI is InChI=1S/C13H26N2OS/c1-5-14-9-12(4)15(10-11(14)3)13(16)7-8-17-6-2/h11-12H,5-10H2,1-4H3. The van der Waals surface area contributed by atoms with Crippen LogP contribution in [0.5, 0.6) is 0 Å². The van der Waals surface area contributed by atoms with Crippen LogP contribution >= 0.6 is 11.8 Å². The van der Waals surface area contributed by atoms with Crippen LogP contribution in [0.1, 0.15) is 34.1 Å². The number of carbonyl (C=O) groups excluding carboxylic acids is 1. The summed E-state index contributed by atoms with van der Waals surface area (Å²) >= 11 is 1.85. The van der Waals surface area contributed by atoms with Crippen LogP contribution in [0.2, 0.25) is 0 Å². The summed E-state index contributed by atoms with van der Waals surface area (Å²) in [5.41, 5.74) is 0. The van der Waals surface area contributed by atoms with Crippen molar-refractivity contribution >= 4 is 17.7 Å². The van der Waals surface area contributed by atoms with Crippen LogP contribution in [-0.2, 0) is 4.79 Å². The molecule has 2 atom stereocenters. The van der Waals surface area contributed by atoms with Crippen molar-refractivity contribution in [2.45, 2.75) is 46.2 Å². The Balaban J connectivity index is 2.45. The second-order valence-corrected chi connectivity index (χ2v) is 6.17. The third-order valence-electron chi connectivity index (χ3n) is 3.51. The first-order valence-electron chi connectivity index (χ1n) is 6.71. The summed E-state index contributed by atoms with van der Waals surface area (Å²) in [6.07, 6.45) is 0.696. The zero-order valence-corrected chi connectivity index (χ0v) is 12.4. The highest BCUT2D eigenvalue weighted by Gasteiger charge is 2.30. The van der Waals surface area contributed by atoms with Crippen molar-refractivity contribution in [1.29, 1.82) is 0 Å². The van der Waals surface area contributed by atoms with Gasteiger partial charge in [-0.1, -0.05) is 13.8 Å². The minimum Gasteiger partial charge on any atom is -0.337 e. The van der Waals surface area contributed by atoms with Gasteiger partial charge in [0, 0.05) is 37.3 Å². The summed E-state index contributed by atoms with van der Waals surface area (Å²) < 4.78 is 0. The fourth-order valence-electron chi connectivity index (χ4n) is 2.43. The molecule has 2 unspecified atom stereocenters. The quantitative estimate of drug-likeness (QED) is 0.705. The monoisotopic (exact) mass is 258 g/mol. The molecule has 0 bridgehead atoms. The first kappa shape index (κ1) is 14.8. The van der Waals surface area contributed by atoms with Crippen LogP contribution in [0.3, 0.4) is 0 Å². The Morgan fingerprint density at radius 1 is 1.24 bits per heavy atom. The van der Waals surface area contributed by atoms with Crippen molar-refractivity contribution in [3.8, 4) is 0 Å². The number of nitrogens with zero attached hydrogens (tertiary/aromatic N) is 2. The molecule has 4 heteroatoms. The molecule has 1 heterocycles. The second kappa shape index (κ2) is 7.27. The van der Waals surface area contributed by atoms with Gasteiger partial charge in [0.05, 0.1) is 0 Å². The maximum Gasteiger partial charge on any atom is 0.223 e. The van der Waals surface area contributed by atoms with Gasteiger partial charge in [-0.3, -0.25) is 9.69 Å². The normalized spacial score (nSPS) is 26.2. The summed E-state index contributed by atoms with van der Waals surface area (Å²) in [6, 6.07) is 0.865. The van der Waals surface area contributed by atoms with E-state index in [0.29, 0.717) is 24.4 Å². The predicted octanol–water partition coefficient (Wildman–Crippen LogP) is 2.07. The highest BCUT2D eigenvalue weighted by Crippen LogP contribution is 2.16. The molecule has 0 N–H and O–H groups in total. The Hall–Kier alpha value is -0.220. The lowest BCUT2D eigenvalue weighted by Gasteiger charge is -2.43. The first-order chi connectivity index (χ1) is 8.10. The topological polar surface area (TPSA) is 23.6 Å². The number of thioether (sulfide) groups is 1. The van der Waals surface area contributed by atoms with Crippen LogP contribution in [0.15, 0.2) is 0 Å². The van der Waals surface area contributed by atoms with Crippen LogP contribution < -0.4 is 0 Å². The van der Waals surface area contributed by atoms with Gasteiger partial charge < -0.3 is 4.90 Å². The lowest BCUT2D eigenvalue weighted by atomic mass is 10.1. The Kier molecular flexibility index (Phi) is 6.34. The molecule has 1 saturated heterocycles. The van der Waals surface area contributed by atoms with E-state index in [2.05, 4.69) is 37.5 Å². The number of piperazine rings is 1. The van der Waals surface area contributed by atoms with Crippen LogP contribution in [0.25, 0.3) is 0 Å². The molecular formula is C13H26N2OS. The zero-order chi connectivity index (χ0) is 12.8. The number of hydrogen-bond donors (Lipinski definition) is 0. The Morgan fingerprint density at radius 3 is 2.53 bits per heavy atom. The average Bonchev–Trinajstić information content (AvgIpc) is 2.31. The molecule has 0 saturated carbocycles. The van der Waals surface area contributed by atoms with Gasteiger partial charge in [-0.2, -0.15) is 11.8 Å². The van der Waals surface area contributed by atoms with Crippen molar-refractivity contribution in [2.75, 3.05) is 31.1 Å². The molecular weight excluding hydrogens is 232 g/mol. The summed E-state index contributed by atoms with van der Waals surface area (Å²) in [7, 11) is 0. The van der Waals surface area contributed by atoms with Crippen LogP contribution in [0, 0.1) is 0 Å². The molecule has 0 aromatic rings. The molecule has 100 valence electrons. The first-order valence-corrected chi connectivity index (χ1v) is 7.86. The van der Waals surface area contributed by atoms with E-state index in [-0.39, 0.29) is 0 Å². The fourth-order valence-corrected chi connectivity index (χ4v) is 3.04. The molecule has 0 aliphatic carbocycles. The number of amides is 1. The van der Waals surface area contributed by atoms with Crippen molar-refractivity contribution in [3.05, 3.63) is 0 Å². The van der Waals surface area contributed by atoms with Crippen LogP contribution in [0.4, 0.5) is 0 Å². The van der Waals surface area contributed by atoms with E-state index >= 15 is 0 Å². The number of likely N-dealkylation sites (N-methyl/N-ethyl adjacent to an activating group) is 1. The molecule has 1 fully saturated rings. The molecule has 1 rings (SSSR count). The minimum absolute atomic E-state index is 0.334. The fraction of sp³-hybridized carbons (Fsp3) is 0.923. The molecule has 17 heavy (non-hydrogen) atoms. The van der Waals surface area contributed by atoms with E-state index in [9.17, 15) is 4.79 Å². The van der Waals surface area contributed by atoms with Gasteiger partial charge in [0.25, 0.3) is 0 Å². The predicted molar refractivity (Wildman–Crippen MR) is 75.5 cm³/mol. The lowest BCUT2D eigenvalue weighted by molar-refractivity contribution is -0.136. The van der Waals surface area contributed by atoms with Gasteiger partial charge in [0.15, 0.2) is 0 Å². The number of rotatable bonds is 5. The third kappa shape index (κ3) is 4.18.